The number of nitrogens with two attached hydrogens (primary N) is 1. The highest BCUT2D eigenvalue weighted by Gasteiger charge is 2.22. The maximum Gasteiger partial charge on any atom is 0.0976 e. The summed E-state index contributed by atoms with van der Waals surface area (Å²) in [5.74, 6) is 0. The molecule has 0 fully saturated rings. The molecule has 2 nitrogen and oxygen atoms in total. The molecule has 102 valence electrons. The van der Waals surface area contributed by atoms with Crippen LogP contribution >= 0.6 is 22.9 Å². The first-order valence-electron chi connectivity index (χ1n) is 6.34. The smallest absolute Gasteiger partial charge is 0.0976 e. The molecule has 2 aromatic rings. The first-order chi connectivity index (χ1) is 8.91. The highest BCUT2D eigenvalue weighted by Crippen LogP contribution is 2.31. The van der Waals surface area contributed by atoms with E-state index in [0.717, 1.165) is 27.7 Å². The Labute approximate surface area is 123 Å². The van der Waals surface area contributed by atoms with Crippen molar-refractivity contribution in [3.8, 4) is 0 Å². The number of thiazole rings is 1. The molecule has 4 heteroatoms. The Morgan fingerprint density at radius 3 is 2.47 bits per heavy atom. The first kappa shape index (κ1) is 14.5. The Balaban J connectivity index is 2.32. The third-order valence-corrected chi connectivity index (χ3v) is 4.38. The fourth-order valence-electron chi connectivity index (χ4n) is 2.01. The maximum atomic E-state index is 6.20. The average Bonchev–Trinajstić information content (AvgIpc) is 2.75. The summed E-state index contributed by atoms with van der Waals surface area (Å²) in [4.78, 5) is 5.94. The van der Waals surface area contributed by atoms with E-state index in [9.17, 15) is 0 Å². The summed E-state index contributed by atoms with van der Waals surface area (Å²) in [5.41, 5.74) is 8.09. The van der Waals surface area contributed by atoms with E-state index >= 15 is 0 Å². The third-order valence-electron chi connectivity index (χ3n) is 2.94. The highest BCUT2D eigenvalue weighted by molar-refractivity contribution is 7.11. The van der Waals surface area contributed by atoms with Crippen molar-refractivity contribution in [3.05, 3.63) is 50.4 Å². The summed E-state index contributed by atoms with van der Waals surface area (Å²) >= 11 is 7.89. The van der Waals surface area contributed by atoms with Gasteiger partial charge in [-0.05, 0) is 11.6 Å². The van der Waals surface area contributed by atoms with Crippen LogP contribution in [0.5, 0.6) is 0 Å². The van der Waals surface area contributed by atoms with Crippen LogP contribution in [0.15, 0.2) is 24.3 Å². The van der Waals surface area contributed by atoms with E-state index in [4.69, 9.17) is 22.3 Å². The van der Waals surface area contributed by atoms with Crippen molar-refractivity contribution in [2.24, 2.45) is 5.73 Å². The molecule has 1 aromatic heterocycles. The number of benzene rings is 1. The largest absolute Gasteiger partial charge is 0.326 e. The Morgan fingerprint density at radius 1 is 1.26 bits per heavy atom. The van der Waals surface area contributed by atoms with Gasteiger partial charge in [-0.1, -0.05) is 50.6 Å². The van der Waals surface area contributed by atoms with Crippen LogP contribution in [0.25, 0.3) is 0 Å². The van der Waals surface area contributed by atoms with Crippen LogP contribution in [0.2, 0.25) is 5.02 Å². The summed E-state index contributed by atoms with van der Waals surface area (Å²) in [6.45, 7) is 7.05. The second kappa shape index (κ2) is 5.61. The van der Waals surface area contributed by atoms with Crippen molar-refractivity contribution in [1.82, 2.24) is 4.98 Å². The Bertz CT molecular complexity index is 570. The van der Waals surface area contributed by atoms with E-state index in [1.807, 2.05) is 24.3 Å². The molecule has 0 bridgehead atoms. The van der Waals surface area contributed by atoms with Gasteiger partial charge in [0.25, 0.3) is 0 Å². The molecular weight excluding hydrogens is 276 g/mol. The van der Waals surface area contributed by atoms with Crippen LogP contribution in [-0.4, -0.2) is 4.98 Å². The molecular formula is C15H19ClN2S. The van der Waals surface area contributed by atoms with Gasteiger partial charge >= 0.3 is 0 Å². The molecule has 19 heavy (non-hydrogen) atoms. The Hall–Kier alpha value is -0.900. The summed E-state index contributed by atoms with van der Waals surface area (Å²) in [5, 5.41) is 1.88. The van der Waals surface area contributed by atoms with Crippen LogP contribution < -0.4 is 5.73 Å². The van der Waals surface area contributed by atoms with Crippen molar-refractivity contribution < 1.29 is 0 Å². The van der Waals surface area contributed by atoms with E-state index in [-0.39, 0.29) is 5.41 Å². The summed E-state index contributed by atoms with van der Waals surface area (Å²) in [7, 11) is 0. The molecule has 0 radical (unpaired) electrons. The number of halogens is 1. The minimum Gasteiger partial charge on any atom is -0.326 e. The molecule has 2 N–H and O–H groups in total. The van der Waals surface area contributed by atoms with Gasteiger partial charge in [0.05, 0.1) is 10.7 Å². The topological polar surface area (TPSA) is 38.9 Å². The number of nitrogens with zero attached hydrogens (tertiary/aromatic N) is 1. The van der Waals surface area contributed by atoms with E-state index in [2.05, 4.69) is 20.8 Å². The van der Waals surface area contributed by atoms with Gasteiger partial charge in [0.2, 0.25) is 0 Å². The average molecular weight is 295 g/mol. The zero-order chi connectivity index (χ0) is 14.0. The quantitative estimate of drug-likeness (QED) is 0.924. The lowest BCUT2D eigenvalue weighted by atomic mass is 9.91. The van der Waals surface area contributed by atoms with Gasteiger partial charge in [0, 0.05) is 28.3 Å². The normalized spacial score (nSPS) is 11.8. The van der Waals surface area contributed by atoms with Crippen LogP contribution in [-0.2, 0) is 18.4 Å². The minimum absolute atomic E-state index is 0.0317. The molecule has 0 unspecified atom stereocenters. The zero-order valence-electron chi connectivity index (χ0n) is 11.5. The lowest BCUT2D eigenvalue weighted by Crippen LogP contribution is -2.15. The van der Waals surface area contributed by atoms with Gasteiger partial charge < -0.3 is 5.73 Å². The summed E-state index contributed by atoms with van der Waals surface area (Å²) in [6, 6.07) is 7.91. The van der Waals surface area contributed by atoms with Crippen molar-refractivity contribution in [1.29, 1.82) is 0 Å². The molecule has 0 aliphatic rings. The first-order valence-corrected chi connectivity index (χ1v) is 7.54. The molecule has 0 aliphatic heterocycles. The van der Waals surface area contributed by atoms with Crippen molar-refractivity contribution in [2.75, 3.05) is 0 Å². The number of hydrogen-bond acceptors (Lipinski definition) is 3. The van der Waals surface area contributed by atoms with Gasteiger partial charge in [-0.15, -0.1) is 11.3 Å². The van der Waals surface area contributed by atoms with E-state index in [1.165, 1.54) is 4.88 Å². The SMILES string of the molecule is CC(C)(C)c1nc(Cc2ccccc2Cl)sc1CN. The summed E-state index contributed by atoms with van der Waals surface area (Å²) < 4.78 is 0. The Morgan fingerprint density at radius 2 is 1.95 bits per heavy atom. The number of hydrogen-bond donors (Lipinski definition) is 1. The minimum atomic E-state index is 0.0317. The lowest BCUT2D eigenvalue weighted by molar-refractivity contribution is 0.565. The van der Waals surface area contributed by atoms with Gasteiger partial charge in [0.15, 0.2) is 0 Å². The standard InChI is InChI=1S/C15H19ClN2S/c1-15(2,3)14-12(9-17)19-13(18-14)8-10-6-4-5-7-11(10)16/h4-7H,8-9,17H2,1-3H3. The molecule has 0 amide bonds. The molecule has 0 aliphatic carbocycles. The maximum absolute atomic E-state index is 6.20. The van der Waals surface area contributed by atoms with Crippen LogP contribution in [0, 0.1) is 0 Å². The second-order valence-electron chi connectivity index (χ2n) is 5.60. The molecule has 1 aromatic carbocycles. The van der Waals surface area contributed by atoms with Gasteiger partial charge in [-0.25, -0.2) is 4.98 Å². The summed E-state index contributed by atoms with van der Waals surface area (Å²) in [6.07, 6.45) is 0.771. The van der Waals surface area contributed by atoms with Gasteiger partial charge in [0.1, 0.15) is 0 Å². The second-order valence-corrected chi connectivity index (χ2v) is 7.18. The number of rotatable bonds is 3. The fraction of sp³-hybridized carbons (Fsp3) is 0.400. The fourth-order valence-corrected chi connectivity index (χ4v) is 3.39. The van der Waals surface area contributed by atoms with Crippen LogP contribution in [0.4, 0.5) is 0 Å². The van der Waals surface area contributed by atoms with E-state index in [1.54, 1.807) is 11.3 Å². The van der Waals surface area contributed by atoms with Crippen LogP contribution in [0.3, 0.4) is 0 Å². The predicted molar refractivity (Wildman–Crippen MR) is 83.0 cm³/mol. The molecule has 2 rings (SSSR count). The van der Waals surface area contributed by atoms with Crippen molar-refractivity contribution in [2.45, 2.75) is 39.2 Å². The molecule has 0 saturated carbocycles. The van der Waals surface area contributed by atoms with E-state index < -0.39 is 0 Å². The van der Waals surface area contributed by atoms with Gasteiger partial charge in [-0.2, -0.15) is 0 Å². The molecule has 0 saturated heterocycles. The number of aromatic nitrogens is 1. The highest BCUT2D eigenvalue weighted by atomic mass is 35.5. The Kier molecular flexibility index (Phi) is 4.29. The zero-order valence-corrected chi connectivity index (χ0v) is 13.1. The predicted octanol–water partition coefficient (Wildman–Crippen LogP) is 4.14. The molecule has 0 atom stereocenters. The third kappa shape index (κ3) is 3.35. The lowest BCUT2D eigenvalue weighted by Gasteiger charge is -2.16. The van der Waals surface area contributed by atoms with Gasteiger partial charge in [-0.3, -0.25) is 0 Å². The van der Waals surface area contributed by atoms with Crippen molar-refractivity contribution >= 4 is 22.9 Å². The van der Waals surface area contributed by atoms with E-state index in [0.29, 0.717) is 6.54 Å². The van der Waals surface area contributed by atoms with Crippen molar-refractivity contribution in [3.63, 3.8) is 0 Å². The monoisotopic (exact) mass is 294 g/mol. The molecule has 1 heterocycles. The molecule has 0 spiro atoms. The van der Waals surface area contributed by atoms with Crippen LogP contribution in [0.1, 0.15) is 41.9 Å².